The predicted octanol–water partition coefficient (Wildman–Crippen LogP) is 3.67. The second kappa shape index (κ2) is 7.29. The summed E-state index contributed by atoms with van der Waals surface area (Å²) in [6.45, 7) is 7.03. The fraction of sp³-hybridized carbons (Fsp3) is 0.316. The topological polar surface area (TPSA) is 63.9 Å². The molecule has 0 aliphatic carbocycles. The second-order valence-electron chi connectivity index (χ2n) is 5.78. The third kappa shape index (κ3) is 2.78. The van der Waals surface area contributed by atoms with Crippen LogP contribution in [0.5, 0.6) is 5.75 Å². The zero-order chi connectivity index (χ0) is 18.8. The van der Waals surface area contributed by atoms with Crippen molar-refractivity contribution in [1.29, 1.82) is 0 Å². The van der Waals surface area contributed by atoms with E-state index in [1.54, 1.807) is 16.4 Å². The third-order valence-electron chi connectivity index (χ3n) is 4.46. The first-order chi connectivity index (χ1) is 12.6. The minimum absolute atomic E-state index is 0.0290. The van der Waals surface area contributed by atoms with Crippen molar-refractivity contribution in [3.8, 4) is 17.0 Å². The predicted molar refractivity (Wildman–Crippen MR) is 102 cm³/mol. The Labute approximate surface area is 156 Å². The van der Waals surface area contributed by atoms with Gasteiger partial charge < -0.3 is 9.64 Å². The maximum atomic E-state index is 12.7. The van der Waals surface area contributed by atoms with Crippen LogP contribution in [0, 0.1) is 6.92 Å². The molecule has 2 aromatic heterocycles. The number of ether oxygens (including phenoxy) is 1. The van der Waals surface area contributed by atoms with Crippen molar-refractivity contribution in [3.63, 3.8) is 0 Å². The molecule has 0 aliphatic heterocycles. The lowest BCUT2D eigenvalue weighted by Gasteiger charge is -2.17. The molecule has 0 saturated heterocycles. The van der Waals surface area contributed by atoms with Gasteiger partial charge in [-0.3, -0.25) is 14.0 Å². The van der Waals surface area contributed by atoms with Crippen LogP contribution in [0.3, 0.4) is 0 Å². The molecule has 1 amide bonds. The standard InChI is InChI=1S/C19H21N3O3S/c1-5-21(6-2)18(24)17-12(3)22-14(11-23)16(20-19(22)26-17)13-9-7-8-10-15(13)25-4/h7-11H,5-6H2,1-4H3. The summed E-state index contributed by atoms with van der Waals surface area (Å²) in [6.07, 6.45) is 0.785. The van der Waals surface area contributed by atoms with Crippen LogP contribution >= 0.6 is 11.3 Å². The van der Waals surface area contributed by atoms with Gasteiger partial charge in [-0.25, -0.2) is 4.98 Å². The lowest BCUT2D eigenvalue weighted by molar-refractivity contribution is 0.0776. The Hall–Kier alpha value is -2.67. The van der Waals surface area contributed by atoms with Crippen molar-refractivity contribution in [1.82, 2.24) is 14.3 Å². The van der Waals surface area contributed by atoms with Gasteiger partial charge >= 0.3 is 0 Å². The number of carbonyl (C=O) groups is 2. The third-order valence-corrected chi connectivity index (χ3v) is 5.59. The first-order valence-electron chi connectivity index (χ1n) is 8.46. The summed E-state index contributed by atoms with van der Waals surface area (Å²) in [5, 5.41) is 0. The average molecular weight is 371 g/mol. The molecule has 26 heavy (non-hydrogen) atoms. The van der Waals surface area contributed by atoms with Crippen molar-refractivity contribution in [2.24, 2.45) is 0 Å². The quantitative estimate of drug-likeness (QED) is 0.620. The number of fused-ring (bicyclic) bond motifs is 1. The maximum absolute atomic E-state index is 12.7. The molecular weight excluding hydrogens is 350 g/mol. The molecule has 0 spiro atoms. The first kappa shape index (κ1) is 18.1. The summed E-state index contributed by atoms with van der Waals surface area (Å²) >= 11 is 1.31. The summed E-state index contributed by atoms with van der Waals surface area (Å²) in [6, 6.07) is 7.45. The van der Waals surface area contributed by atoms with Crippen molar-refractivity contribution < 1.29 is 14.3 Å². The Kier molecular flexibility index (Phi) is 5.08. The van der Waals surface area contributed by atoms with E-state index in [1.165, 1.54) is 11.3 Å². The van der Waals surface area contributed by atoms with Crippen LogP contribution in [0.25, 0.3) is 16.2 Å². The molecule has 0 saturated carbocycles. The Balaban J connectivity index is 2.19. The van der Waals surface area contributed by atoms with Crippen LogP contribution in [0.15, 0.2) is 24.3 Å². The van der Waals surface area contributed by atoms with Crippen molar-refractivity contribution in [3.05, 3.63) is 40.5 Å². The molecule has 0 aliphatic rings. The van der Waals surface area contributed by atoms with E-state index in [1.807, 2.05) is 45.0 Å². The lowest BCUT2D eigenvalue weighted by atomic mass is 10.1. The van der Waals surface area contributed by atoms with Crippen LogP contribution in [-0.2, 0) is 0 Å². The summed E-state index contributed by atoms with van der Waals surface area (Å²) in [5.41, 5.74) is 2.48. The number of para-hydroxylation sites is 1. The molecule has 136 valence electrons. The molecular formula is C19H21N3O3S. The van der Waals surface area contributed by atoms with E-state index >= 15 is 0 Å². The number of aromatic nitrogens is 2. The SMILES string of the molecule is CCN(CC)C(=O)c1sc2nc(-c3ccccc3OC)c(C=O)n2c1C. The number of carbonyl (C=O) groups excluding carboxylic acids is 2. The summed E-state index contributed by atoms with van der Waals surface area (Å²) in [4.78, 5) is 32.2. The van der Waals surface area contributed by atoms with Gasteiger partial charge in [-0.15, -0.1) is 0 Å². The molecule has 0 unspecified atom stereocenters. The van der Waals surface area contributed by atoms with Gasteiger partial charge in [0.25, 0.3) is 5.91 Å². The highest BCUT2D eigenvalue weighted by Gasteiger charge is 2.25. The monoisotopic (exact) mass is 371 g/mol. The number of benzene rings is 1. The molecule has 7 heteroatoms. The highest BCUT2D eigenvalue weighted by atomic mass is 32.1. The molecule has 6 nitrogen and oxygen atoms in total. The highest BCUT2D eigenvalue weighted by molar-refractivity contribution is 7.19. The number of amides is 1. The minimum atomic E-state index is -0.0290. The van der Waals surface area contributed by atoms with Gasteiger partial charge in [-0.2, -0.15) is 0 Å². The number of imidazole rings is 1. The minimum Gasteiger partial charge on any atom is -0.496 e. The molecule has 3 aromatic rings. The Morgan fingerprint density at radius 2 is 2.00 bits per heavy atom. The van der Waals surface area contributed by atoms with Gasteiger partial charge in [-0.05, 0) is 32.9 Å². The van der Waals surface area contributed by atoms with Crippen LogP contribution in [0.1, 0.15) is 39.7 Å². The number of hydrogen-bond donors (Lipinski definition) is 0. The fourth-order valence-electron chi connectivity index (χ4n) is 3.07. The number of rotatable bonds is 6. The molecule has 0 fully saturated rings. The van der Waals surface area contributed by atoms with E-state index in [9.17, 15) is 9.59 Å². The number of aryl methyl sites for hydroxylation is 1. The second-order valence-corrected chi connectivity index (χ2v) is 6.75. The number of hydrogen-bond acceptors (Lipinski definition) is 5. The van der Waals surface area contributed by atoms with Gasteiger partial charge in [0, 0.05) is 24.3 Å². The van der Waals surface area contributed by atoms with Crippen LogP contribution < -0.4 is 4.74 Å². The van der Waals surface area contributed by atoms with E-state index in [0.717, 1.165) is 17.5 Å². The van der Waals surface area contributed by atoms with Gasteiger partial charge in [0.1, 0.15) is 22.0 Å². The maximum Gasteiger partial charge on any atom is 0.265 e. The molecule has 0 radical (unpaired) electrons. The smallest absolute Gasteiger partial charge is 0.265 e. The van der Waals surface area contributed by atoms with E-state index in [0.29, 0.717) is 40.1 Å². The van der Waals surface area contributed by atoms with E-state index in [-0.39, 0.29) is 5.91 Å². The Bertz CT molecular complexity index is 970. The van der Waals surface area contributed by atoms with Crippen LogP contribution in [0.2, 0.25) is 0 Å². The molecule has 0 N–H and O–H groups in total. The van der Waals surface area contributed by atoms with Gasteiger partial charge in [-0.1, -0.05) is 23.5 Å². The fourth-order valence-corrected chi connectivity index (χ4v) is 4.17. The van der Waals surface area contributed by atoms with Crippen molar-refractivity contribution in [2.45, 2.75) is 20.8 Å². The molecule has 3 rings (SSSR count). The normalized spacial score (nSPS) is 10.9. The van der Waals surface area contributed by atoms with Gasteiger partial charge in [0.2, 0.25) is 0 Å². The Morgan fingerprint density at radius 1 is 1.31 bits per heavy atom. The van der Waals surface area contributed by atoms with E-state index < -0.39 is 0 Å². The van der Waals surface area contributed by atoms with Crippen LogP contribution in [0.4, 0.5) is 0 Å². The number of methoxy groups -OCH3 is 1. The van der Waals surface area contributed by atoms with Gasteiger partial charge in [0.15, 0.2) is 11.2 Å². The summed E-state index contributed by atoms with van der Waals surface area (Å²) in [5.74, 6) is 0.622. The van der Waals surface area contributed by atoms with E-state index in [2.05, 4.69) is 4.98 Å². The lowest BCUT2D eigenvalue weighted by Crippen LogP contribution is -2.30. The largest absolute Gasteiger partial charge is 0.496 e. The number of thiazole rings is 1. The van der Waals surface area contributed by atoms with Gasteiger partial charge in [0.05, 0.1) is 7.11 Å². The highest BCUT2D eigenvalue weighted by Crippen LogP contribution is 2.35. The zero-order valence-electron chi connectivity index (χ0n) is 15.3. The summed E-state index contributed by atoms with van der Waals surface area (Å²) < 4.78 is 7.16. The number of nitrogens with zero attached hydrogens (tertiary/aromatic N) is 3. The average Bonchev–Trinajstić information content (AvgIpc) is 3.19. The van der Waals surface area contributed by atoms with Crippen LogP contribution in [-0.4, -0.2) is 46.7 Å². The van der Waals surface area contributed by atoms with Crippen molar-refractivity contribution >= 4 is 28.5 Å². The Morgan fingerprint density at radius 3 is 2.62 bits per heavy atom. The van der Waals surface area contributed by atoms with E-state index in [4.69, 9.17) is 4.74 Å². The molecule has 0 atom stereocenters. The summed E-state index contributed by atoms with van der Waals surface area (Å²) in [7, 11) is 1.59. The zero-order valence-corrected chi connectivity index (χ0v) is 16.1. The molecule has 1 aromatic carbocycles. The molecule has 2 heterocycles. The van der Waals surface area contributed by atoms with Crippen molar-refractivity contribution in [2.75, 3.05) is 20.2 Å². The number of aldehydes is 1. The first-order valence-corrected chi connectivity index (χ1v) is 9.28. The molecule has 0 bridgehead atoms.